The molecule has 0 heterocycles. The van der Waals surface area contributed by atoms with Crippen LogP contribution in [0, 0.1) is 0 Å². The van der Waals surface area contributed by atoms with Gasteiger partial charge in [0.2, 0.25) is 0 Å². The quantitative estimate of drug-likeness (QED) is 0.0265. The fourth-order valence-electron chi connectivity index (χ4n) is 6.10. The van der Waals surface area contributed by atoms with Gasteiger partial charge < -0.3 is 14.2 Å². The van der Waals surface area contributed by atoms with E-state index in [9.17, 15) is 14.4 Å². The molecule has 0 aromatic carbocycles. The van der Waals surface area contributed by atoms with Crippen LogP contribution >= 0.6 is 0 Å². The van der Waals surface area contributed by atoms with Gasteiger partial charge >= 0.3 is 17.9 Å². The zero-order valence-corrected chi connectivity index (χ0v) is 38.0. The summed E-state index contributed by atoms with van der Waals surface area (Å²) in [7, 11) is 0. The van der Waals surface area contributed by atoms with Crippen molar-refractivity contribution in [3.05, 3.63) is 97.2 Å². The predicted molar refractivity (Wildman–Crippen MR) is 251 cm³/mol. The first-order valence-corrected chi connectivity index (χ1v) is 23.7. The Bertz CT molecular complexity index is 1220. The lowest BCUT2D eigenvalue weighted by atomic mass is 10.1. The van der Waals surface area contributed by atoms with E-state index < -0.39 is 18.0 Å². The van der Waals surface area contributed by atoms with Crippen molar-refractivity contribution in [2.45, 2.75) is 207 Å². The lowest BCUT2D eigenvalue weighted by molar-refractivity contribution is -0.166. The standard InChI is InChI=1S/C53H86O6/c1-4-7-10-13-16-19-21-23-24-25-26-27-28-30-31-34-37-40-43-46-52(55)58-49-50(48-57-51(54)45-42-39-36-33-18-15-12-9-6-3)59-53(56)47-44-41-38-35-32-29-22-20-17-14-11-8-5-2/h7,9-10,12,16,18-19,23-24,29,32-33,38-39,41-42,50H,4-6,8,11,13-15,17,20-22,25-28,30-31,34-37,40,43-49H2,1-3H3/b10-7-,12-9-,19-16-,24-23-,32-29-,33-18-,41-38-,42-39-. The van der Waals surface area contributed by atoms with Crippen LogP contribution in [0.3, 0.4) is 0 Å². The minimum Gasteiger partial charge on any atom is -0.462 e. The van der Waals surface area contributed by atoms with Crippen molar-refractivity contribution in [2.24, 2.45) is 0 Å². The molecule has 0 fully saturated rings. The van der Waals surface area contributed by atoms with Gasteiger partial charge in [-0.05, 0) is 83.5 Å². The molecule has 1 atom stereocenters. The molecule has 0 aromatic rings. The number of carbonyl (C=O) groups excluding carboxylic acids is 3. The minimum atomic E-state index is -0.844. The first-order valence-electron chi connectivity index (χ1n) is 23.7. The molecule has 59 heavy (non-hydrogen) atoms. The molecule has 0 saturated heterocycles. The van der Waals surface area contributed by atoms with Gasteiger partial charge in [-0.3, -0.25) is 14.4 Å². The van der Waals surface area contributed by atoms with E-state index in [2.05, 4.69) is 99.8 Å². The summed E-state index contributed by atoms with van der Waals surface area (Å²) in [5, 5.41) is 0. The van der Waals surface area contributed by atoms with Crippen LogP contribution in [-0.4, -0.2) is 37.2 Å². The van der Waals surface area contributed by atoms with E-state index in [1.54, 1.807) is 6.08 Å². The second-order valence-corrected chi connectivity index (χ2v) is 15.3. The van der Waals surface area contributed by atoms with Gasteiger partial charge in [0.05, 0.1) is 6.42 Å². The van der Waals surface area contributed by atoms with E-state index in [0.717, 1.165) is 77.0 Å². The second kappa shape index (κ2) is 47.0. The van der Waals surface area contributed by atoms with E-state index >= 15 is 0 Å². The number of allylic oxidation sites excluding steroid dienone is 15. The Morgan fingerprint density at radius 2 is 0.763 bits per heavy atom. The van der Waals surface area contributed by atoms with E-state index in [1.165, 1.54) is 77.0 Å². The summed E-state index contributed by atoms with van der Waals surface area (Å²) in [6.07, 6.45) is 61.6. The van der Waals surface area contributed by atoms with Crippen molar-refractivity contribution >= 4 is 17.9 Å². The molecular formula is C53H86O6. The van der Waals surface area contributed by atoms with Gasteiger partial charge in [0.25, 0.3) is 0 Å². The fourth-order valence-corrected chi connectivity index (χ4v) is 6.10. The number of unbranched alkanes of at least 4 members (excludes halogenated alkanes) is 15. The van der Waals surface area contributed by atoms with Crippen LogP contribution in [0.25, 0.3) is 0 Å². The van der Waals surface area contributed by atoms with Gasteiger partial charge in [-0.2, -0.15) is 0 Å². The number of rotatable bonds is 41. The lowest BCUT2D eigenvalue weighted by Crippen LogP contribution is -2.30. The number of ether oxygens (including phenoxy) is 3. The molecule has 0 aliphatic heterocycles. The maximum absolute atomic E-state index is 12.7. The lowest BCUT2D eigenvalue weighted by Gasteiger charge is -2.18. The largest absolute Gasteiger partial charge is 0.462 e. The summed E-state index contributed by atoms with van der Waals surface area (Å²) in [5.41, 5.74) is 0. The van der Waals surface area contributed by atoms with Crippen molar-refractivity contribution in [3.63, 3.8) is 0 Å². The molecule has 0 aliphatic carbocycles. The molecule has 0 spiro atoms. The molecule has 0 bridgehead atoms. The highest BCUT2D eigenvalue weighted by molar-refractivity contribution is 5.72. The maximum Gasteiger partial charge on any atom is 0.309 e. The number of esters is 3. The van der Waals surface area contributed by atoms with Crippen molar-refractivity contribution in [3.8, 4) is 0 Å². The summed E-state index contributed by atoms with van der Waals surface area (Å²) in [5.74, 6) is -1.14. The van der Waals surface area contributed by atoms with Gasteiger partial charge in [0, 0.05) is 12.8 Å². The van der Waals surface area contributed by atoms with E-state index in [4.69, 9.17) is 14.2 Å². The molecule has 334 valence electrons. The Morgan fingerprint density at radius 3 is 1.25 bits per heavy atom. The third-order valence-corrected chi connectivity index (χ3v) is 9.60. The Balaban J connectivity index is 4.44. The van der Waals surface area contributed by atoms with E-state index in [0.29, 0.717) is 12.8 Å². The highest BCUT2D eigenvalue weighted by Crippen LogP contribution is 2.13. The van der Waals surface area contributed by atoms with E-state index in [-0.39, 0.29) is 32.0 Å². The topological polar surface area (TPSA) is 78.9 Å². The van der Waals surface area contributed by atoms with Crippen LogP contribution in [0.1, 0.15) is 201 Å². The van der Waals surface area contributed by atoms with Crippen LogP contribution in [0.2, 0.25) is 0 Å². The molecular weight excluding hydrogens is 733 g/mol. The molecule has 0 aromatic heterocycles. The predicted octanol–water partition coefficient (Wildman–Crippen LogP) is 15.4. The molecule has 0 N–H and O–H groups in total. The molecule has 1 unspecified atom stereocenters. The molecule has 0 radical (unpaired) electrons. The Hall–Kier alpha value is -3.67. The van der Waals surface area contributed by atoms with E-state index in [1.807, 2.05) is 12.2 Å². The van der Waals surface area contributed by atoms with Crippen LogP contribution in [-0.2, 0) is 28.6 Å². The monoisotopic (exact) mass is 819 g/mol. The molecule has 0 saturated carbocycles. The van der Waals surface area contributed by atoms with Gasteiger partial charge in [-0.1, -0.05) is 195 Å². The molecule has 0 amide bonds. The zero-order valence-electron chi connectivity index (χ0n) is 38.0. The highest BCUT2D eigenvalue weighted by Gasteiger charge is 2.19. The van der Waals surface area contributed by atoms with Crippen LogP contribution in [0.4, 0.5) is 0 Å². The number of hydrogen-bond donors (Lipinski definition) is 0. The average molecular weight is 819 g/mol. The Morgan fingerprint density at radius 1 is 0.373 bits per heavy atom. The summed E-state index contributed by atoms with van der Waals surface area (Å²) in [4.78, 5) is 37.6. The van der Waals surface area contributed by atoms with Crippen molar-refractivity contribution in [2.75, 3.05) is 13.2 Å². The Labute approximate surface area is 362 Å². The average Bonchev–Trinajstić information content (AvgIpc) is 3.23. The van der Waals surface area contributed by atoms with Gasteiger partial charge in [0.1, 0.15) is 13.2 Å². The second-order valence-electron chi connectivity index (χ2n) is 15.3. The summed E-state index contributed by atoms with van der Waals surface area (Å²) < 4.78 is 16.5. The molecule has 0 rings (SSSR count). The van der Waals surface area contributed by atoms with Crippen LogP contribution in [0.5, 0.6) is 0 Å². The molecule has 6 nitrogen and oxygen atoms in total. The number of carbonyl (C=O) groups is 3. The highest BCUT2D eigenvalue weighted by atomic mass is 16.6. The first kappa shape index (κ1) is 55.3. The van der Waals surface area contributed by atoms with Crippen molar-refractivity contribution in [1.82, 2.24) is 0 Å². The van der Waals surface area contributed by atoms with Gasteiger partial charge in [-0.15, -0.1) is 0 Å². The minimum absolute atomic E-state index is 0.121. The van der Waals surface area contributed by atoms with Gasteiger partial charge in [-0.25, -0.2) is 0 Å². The maximum atomic E-state index is 12.7. The van der Waals surface area contributed by atoms with Crippen molar-refractivity contribution < 1.29 is 28.6 Å². The van der Waals surface area contributed by atoms with Crippen LogP contribution < -0.4 is 0 Å². The van der Waals surface area contributed by atoms with Crippen LogP contribution in [0.15, 0.2) is 97.2 Å². The molecule has 6 heteroatoms. The summed E-state index contributed by atoms with van der Waals surface area (Å²) in [6, 6.07) is 0. The summed E-state index contributed by atoms with van der Waals surface area (Å²) >= 11 is 0. The normalized spacial score (nSPS) is 12.9. The SMILES string of the molecule is CC/C=C\C/C=C\C/C=C\CCCCCCCCCCCC(=O)OCC(COC(=O)C/C=C\C/C=C\C/C=C\CC)OC(=O)CC/C=C\C/C=C\CCCCCCCC. The summed E-state index contributed by atoms with van der Waals surface area (Å²) in [6.45, 7) is 6.23. The zero-order chi connectivity index (χ0) is 43.0. The number of hydrogen-bond acceptors (Lipinski definition) is 6. The third-order valence-electron chi connectivity index (χ3n) is 9.60. The fraction of sp³-hybridized carbons (Fsp3) is 0.642. The Kier molecular flexibility index (Phi) is 44.1. The molecule has 0 aliphatic rings. The third kappa shape index (κ3) is 45.3. The smallest absolute Gasteiger partial charge is 0.309 e. The van der Waals surface area contributed by atoms with Gasteiger partial charge in [0.15, 0.2) is 6.10 Å². The first-order chi connectivity index (χ1) is 29.0. The van der Waals surface area contributed by atoms with Crippen molar-refractivity contribution in [1.29, 1.82) is 0 Å².